The number of aryl methyl sites for hydroxylation is 1. The molecule has 1 saturated heterocycles. The molecule has 2 aromatic rings. The number of carbonyl (C=O) groups excluding carboxylic acids is 2. The number of halogens is 2. The molecule has 7 heteroatoms. The van der Waals surface area contributed by atoms with E-state index in [9.17, 15) is 18.4 Å². The molecule has 0 aliphatic carbocycles. The Hall–Kier alpha value is -2.96. The van der Waals surface area contributed by atoms with Crippen LogP contribution in [0.3, 0.4) is 0 Å². The van der Waals surface area contributed by atoms with Gasteiger partial charge in [0, 0.05) is 44.1 Å². The summed E-state index contributed by atoms with van der Waals surface area (Å²) in [5.74, 6) is -2.06. The fourth-order valence-electron chi connectivity index (χ4n) is 4.45. The van der Waals surface area contributed by atoms with Crippen LogP contribution >= 0.6 is 0 Å². The molecule has 1 spiro atoms. The predicted octanol–water partition coefficient (Wildman–Crippen LogP) is 3.48. The molecule has 1 fully saturated rings. The van der Waals surface area contributed by atoms with E-state index >= 15 is 0 Å². The van der Waals surface area contributed by atoms with Crippen LogP contribution in [0, 0.1) is 18.6 Å². The number of amides is 2. The zero-order chi connectivity index (χ0) is 20.8. The summed E-state index contributed by atoms with van der Waals surface area (Å²) in [4.78, 5) is 29.3. The van der Waals surface area contributed by atoms with E-state index in [1.54, 1.807) is 4.90 Å². The SMILES string of the molecule is CCN1c2ccc(C)cc2C(=O)NC12CCN(C(=O)c1cc(F)cc(F)c1)CC2. The highest BCUT2D eigenvalue weighted by molar-refractivity contribution is 6.03. The molecule has 152 valence electrons. The van der Waals surface area contributed by atoms with Crippen LogP contribution in [0.25, 0.3) is 0 Å². The van der Waals surface area contributed by atoms with E-state index in [1.165, 1.54) is 0 Å². The van der Waals surface area contributed by atoms with Crippen molar-refractivity contribution in [3.63, 3.8) is 0 Å². The molecule has 2 heterocycles. The molecule has 29 heavy (non-hydrogen) atoms. The number of nitrogens with zero attached hydrogens (tertiary/aromatic N) is 2. The monoisotopic (exact) mass is 399 g/mol. The van der Waals surface area contributed by atoms with Crippen molar-refractivity contribution in [2.45, 2.75) is 32.4 Å². The largest absolute Gasteiger partial charge is 0.348 e. The fourth-order valence-corrected chi connectivity index (χ4v) is 4.45. The lowest BCUT2D eigenvalue weighted by Crippen LogP contribution is -2.68. The molecule has 0 unspecified atom stereocenters. The lowest BCUT2D eigenvalue weighted by atomic mass is 9.89. The van der Waals surface area contributed by atoms with E-state index in [-0.39, 0.29) is 11.5 Å². The Morgan fingerprint density at radius 3 is 2.38 bits per heavy atom. The van der Waals surface area contributed by atoms with Crippen molar-refractivity contribution in [3.05, 3.63) is 64.7 Å². The lowest BCUT2D eigenvalue weighted by molar-refractivity contribution is 0.0602. The fraction of sp³-hybridized carbons (Fsp3) is 0.364. The summed E-state index contributed by atoms with van der Waals surface area (Å²) in [6.07, 6.45) is 1.06. The molecule has 2 aliphatic heterocycles. The van der Waals surface area contributed by atoms with Crippen LogP contribution in [0.15, 0.2) is 36.4 Å². The highest BCUT2D eigenvalue weighted by Gasteiger charge is 2.45. The minimum atomic E-state index is -0.773. The van der Waals surface area contributed by atoms with Crippen molar-refractivity contribution in [3.8, 4) is 0 Å². The lowest BCUT2D eigenvalue weighted by Gasteiger charge is -2.52. The first-order valence-electron chi connectivity index (χ1n) is 9.79. The van der Waals surface area contributed by atoms with Gasteiger partial charge in [0.15, 0.2) is 0 Å². The summed E-state index contributed by atoms with van der Waals surface area (Å²) >= 11 is 0. The zero-order valence-electron chi connectivity index (χ0n) is 16.5. The van der Waals surface area contributed by atoms with E-state index in [0.717, 1.165) is 29.4 Å². The Kier molecular flexibility index (Phi) is 4.76. The number of hydrogen-bond acceptors (Lipinski definition) is 3. The predicted molar refractivity (Wildman–Crippen MR) is 106 cm³/mol. The molecule has 0 saturated carbocycles. The highest BCUT2D eigenvalue weighted by Crippen LogP contribution is 2.37. The van der Waals surface area contributed by atoms with Crippen LogP contribution in [0.4, 0.5) is 14.5 Å². The Morgan fingerprint density at radius 2 is 1.76 bits per heavy atom. The molecular weight excluding hydrogens is 376 g/mol. The van der Waals surface area contributed by atoms with Crippen LogP contribution < -0.4 is 10.2 Å². The standard InChI is InChI=1S/C22H23F2N3O2/c1-3-27-19-5-4-14(2)10-18(19)20(28)25-22(27)6-8-26(9-7-22)21(29)15-11-16(23)13-17(24)12-15/h4-5,10-13H,3,6-9H2,1-2H3,(H,25,28). The van der Waals surface area contributed by atoms with E-state index < -0.39 is 23.2 Å². The Bertz CT molecular complexity index is 964. The Balaban J connectivity index is 1.57. The first-order chi connectivity index (χ1) is 13.8. The minimum Gasteiger partial charge on any atom is -0.348 e. The van der Waals surface area contributed by atoms with Gasteiger partial charge in [-0.05, 0) is 38.1 Å². The third-order valence-corrected chi connectivity index (χ3v) is 5.85. The van der Waals surface area contributed by atoms with Gasteiger partial charge in [-0.2, -0.15) is 0 Å². The minimum absolute atomic E-state index is 0.000650. The molecule has 0 bridgehead atoms. The van der Waals surface area contributed by atoms with Crippen LogP contribution in [0.2, 0.25) is 0 Å². The van der Waals surface area contributed by atoms with Gasteiger partial charge in [-0.25, -0.2) is 8.78 Å². The van der Waals surface area contributed by atoms with Gasteiger partial charge in [0.2, 0.25) is 0 Å². The smallest absolute Gasteiger partial charge is 0.255 e. The van der Waals surface area contributed by atoms with Gasteiger partial charge in [0.05, 0.1) is 11.3 Å². The molecular formula is C22H23F2N3O2. The number of hydrogen-bond donors (Lipinski definition) is 1. The van der Waals surface area contributed by atoms with Crippen LogP contribution in [-0.2, 0) is 0 Å². The topological polar surface area (TPSA) is 52.7 Å². The maximum atomic E-state index is 13.5. The number of fused-ring (bicyclic) bond motifs is 1. The third-order valence-electron chi connectivity index (χ3n) is 5.85. The molecule has 2 aromatic carbocycles. The van der Waals surface area contributed by atoms with Gasteiger partial charge >= 0.3 is 0 Å². The molecule has 1 N–H and O–H groups in total. The first kappa shape index (κ1) is 19.4. The summed E-state index contributed by atoms with van der Waals surface area (Å²) in [5.41, 5.74) is 2.01. The quantitative estimate of drug-likeness (QED) is 0.841. The van der Waals surface area contributed by atoms with E-state index in [1.807, 2.05) is 32.0 Å². The Labute approximate surface area is 168 Å². The van der Waals surface area contributed by atoms with Crippen LogP contribution in [-0.4, -0.2) is 42.0 Å². The van der Waals surface area contributed by atoms with Crippen molar-refractivity contribution in [1.29, 1.82) is 0 Å². The van der Waals surface area contributed by atoms with Crippen LogP contribution in [0.1, 0.15) is 46.0 Å². The number of carbonyl (C=O) groups is 2. The van der Waals surface area contributed by atoms with Gasteiger partial charge in [-0.1, -0.05) is 11.6 Å². The second kappa shape index (κ2) is 7.13. The normalized spacial score (nSPS) is 17.9. The molecule has 2 amide bonds. The first-order valence-corrected chi connectivity index (χ1v) is 9.79. The highest BCUT2D eigenvalue weighted by atomic mass is 19.1. The average Bonchev–Trinajstić information content (AvgIpc) is 2.68. The number of rotatable bonds is 2. The van der Waals surface area contributed by atoms with Crippen molar-refractivity contribution in [2.24, 2.45) is 0 Å². The van der Waals surface area contributed by atoms with E-state index in [2.05, 4.69) is 10.2 Å². The molecule has 2 aliphatic rings. The number of anilines is 1. The van der Waals surface area contributed by atoms with Crippen molar-refractivity contribution in [2.75, 3.05) is 24.5 Å². The molecule has 4 rings (SSSR count). The van der Waals surface area contributed by atoms with E-state index in [0.29, 0.717) is 38.0 Å². The maximum Gasteiger partial charge on any atom is 0.255 e. The van der Waals surface area contributed by atoms with Gasteiger partial charge in [-0.3, -0.25) is 9.59 Å². The zero-order valence-corrected chi connectivity index (χ0v) is 16.5. The van der Waals surface area contributed by atoms with Gasteiger partial charge in [0.1, 0.15) is 17.3 Å². The summed E-state index contributed by atoms with van der Waals surface area (Å²) in [6, 6.07) is 8.70. The number of piperidine rings is 1. The van der Waals surface area contributed by atoms with E-state index in [4.69, 9.17) is 0 Å². The summed E-state index contributed by atoms with van der Waals surface area (Å²) < 4.78 is 27.0. The summed E-state index contributed by atoms with van der Waals surface area (Å²) in [5, 5.41) is 3.16. The number of benzene rings is 2. The molecule has 0 radical (unpaired) electrons. The summed E-state index contributed by atoms with van der Waals surface area (Å²) in [6.45, 7) is 5.47. The van der Waals surface area contributed by atoms with Gasteiger partial charge < -0.3 is 15.1 Å². The number of likely N-dealkylation sites (tertiary alicyclic amines) is 1. The van der Waals surface area contributed by atoms with Crippen LogP contribution in [0.5, 0.6) is 0 Å². The van der Waals surface area contributed by atoms with Gasteiger partial charge in [0.25, 0.3) is 11.8 Å². The average molecular weight is 399 g/mol. The Morgan fingerprint density at radius 1 is 1.10 bits per heavy atom. The molecule has 5 nitrogen and oxygen atoms in total. The van der Waals surface area contributed by atoms with Crippen molar-refractivity contribution in [1.82, 2.24) is 10.2 Å². The summed E-state index contributed by atoms with van der Waals surface area (Å²) in [7, 11) is 0. The molecule has 0 atom stereocenters. The van der Waals surface area contributed by atoms with Crippen molar-refractivity contribution >= 4 is 17.5 Å². The van der Waals surface area contributed by atoms with Crippen molar-refractivity contribution < 1.29 is 18.4 Å². The maximum absolute atomic E-state index is 13.5. The molecule has 0 aromatic heterocycles. The third kappa shape index (κ3) is 3.34. The second-order valence-corrected chi connectivity index (χ2v) is 7.70. The van der Waals surface area contributed by atoms with Gasteiger partial charge in [-0.15, -0.1) is 0 Å². The number of nitrogens with one attached hydrogen (secondary N) is 1. The second-order valence-electron chi connectivity index (χ2n) is 7.70.